The first-order chi connectivity index (χ1) is 10.0. The summed E-state index contributed by atoms with van der Waals surface area (Å²) < 4.78 is 0. The van der Waals surface area contributed by atoms with Crippen molar-refractivity contribution in [2.24, 2.45) is 0 Å². The molecule has 2 rings (SSSR count). The number of aromatic nitrogens is 1. The summed E-state index contributed by atoms with van der Waals surface area (Å²) >= 11 is 1.78. The van der Waals surface area contributed by atoms with Crippen LogP contribution in [0.2, 0.25) is 0 Å². The fourth-order valence-electron chi connectivity index (χ4n) is 2.21. The fourth-order valence-corrected chi connectivity index (χ4v) is 3.33. The van der Waals surface area contributed by atoms with Crippen LogP contribution >= 0.6 is 11.3 Å². The van der Waals surface area contributed by atoms with Gasteiger partial charge in [0.2, 0.25) is 0 Å². The zero-order chi connectivity index (χ0) is 15.3. The van der Waals surface area contributed by atoms with Crippen molar-refractivity contribution in [1.29, 1.82) is 0 Å². The lowest BCUT2D eigenvalue weighted by Gasteiger charge is -2.18. The number of rotatable bonds is 6. The van der Waals surface area contributed by atoms with E-state index in [0.29, 0.717) is 6.04 Å². The van der Waals surface area contributed by atoms with Gasteiger partial charge in [0.15, 0.2) is 0 Å². The first-order valence-corrected chi connectivity index (χ1v) is 8.62. The molecule has 2 nitrogen and oxygen atoms in total. The average Bonchev–Trinajstić information content (AvgIpc) is 2.94. The Labute approximate surface area is 132 Å². The molecule has 0 aliphatic heterocycles. The first kappa shape index (κ1) is 16.2. The zero-order valence-electron chi connectivity index (χ0n) is 13.5. The highest BCUT2D eigenvalue weighted by Gasteiger charge is 2.21. The summed E-state index contributed by atoms with van der Waals surface area (Å²) in [5.74, 6) is 0. The number of thiazole rings is 1. The SMILES string of the molecule is CCCNC(Cc1ccccc1)c1nc(C(C)(C)C)cs1. The van der Waals surface area contributed by atoms with Crippen LogP contribution in [0, 0.1) is 0 Å². The third-order valence-corrected chi connectivity index (χ3v) is 4.47. The predicted octanol–water partition coefficient (Wildman–Crippen LogP) is 4.72. The molecule has 21 heavy (non-hydrogen) atoms. The second-order valence-corrected chi connectivity index (χ2v) is 7.41. The van der Waals surface area contributed by atoms with E-state index in [4.69, 9.17) is 4.98 Å². The third kappa shape index (κ3) is 4.65. The van der Waals surface area contributed by atoms with Gasteiger partial charge >= 0.3 is 0 Å². The van der Waals surface area contributed by atoms with E-state index < -0.39 is 0 Å². The Morgan fingerprint density at radius 1 is 1.19 bits per heavy atom. The number of hydrogen-bond acceptors (Lipinski definition) is 3. The van der Waals surface area contributed by atoms with Gasteiger partial charge in [-0.25, -0.2) is 4.98 Å². The zero-order valence-corrected chi connectivity index (χ0v) is 14.3. The van der Waals surface area contributed by atoms with Crippen LogP contribution in [0.1, 0.15) is 56.4 Å². The van der Waals surface area contributed by atoms with E-state index in [9.17, 15) is 0 Å². The molecule has 0 radical (unpaired) electrons. The van der Waals surface area contributed by atoms with Crippen LogP contribution in [0.3, 0.4) is 0 Å². The predicted molar refractivity (Wildman–Crippen MR) is 92.0 cm³/mol. The molecule has 0 bridgehead atoms. The monoisotopic (exact) mass is 302 g/mol. The molecule has 1 heterocycles. The Hall–Kier alpha value is -1.19. The molecule has 1 aromatic carbocycles. The highest BCUT2D eigenvalue weighted by molar-refractivity contribution is 7.09. The lowest BCUT2D eigenvalue weighted by Crippen LogP contribution is -2.24. The summed E-state index contributed by atoms with van der Waals surface area (Å²) in [4.78, 5) is 4.89. The first-order valence-electron chi connectivity index (χ1n) is 7.74. The van der Waals surface area contributed by atoms with Crippen LogP contribution in [-0.2, 0) is 11.8 Å². The lowest BCUT2D eigenvalue weighted by atomic mass is 9.93. The summed E-state index contributed by atoms with van der Waals surface area (Å²) in [5, 5.41) is 7.06. The minimum Gasteiger partial charge on any atom is -0.308 e. The Kier molecular flexibility index (Phi) is 5.54. The van der Waals surface area contributed by atoms with Gasteiger partial charge in [-0.15, -0.1) is 11.3 Å². The average molecular weight is 302 g/mol. The van der Waals surface area contributed by atoms with Crippen molar-refractivity contribution in [3.63, 3.8) is 0 Å². The van der Waals surface area contributed by atoms with Crippen LogP contribution in [0.4, 0.5) is 0 Å². The Morgan fingerprint density at radius 2 is 1.90 bits per heavy atom. The van der Waals surface area contributed by atoms with E-state index in [1.54, 1.807) is 11.3 Å². The van der Waals surface area contributed by atoms with Crippen LogP contribution in [0.5, 0.6) is 0 Å². The topological polar surface area (TPSA) is 24.9 Å². The van der Waals surface area contributed by atoms with E-state index in [1.165, 1.54) is 16.3 Å². The molecule has 1 aromatic heterocycles. The van der Waals surface area contributed by atoms with Gasteiger partial charge in [0, 0.05) is 10.8 Å². The van der Waals surface area contributed by atoms with Crippen molar-refractivity contribution in [2.45, 2.75) is 52.0 Å². The molecule has 0 saturated carbocycles. The van der Waals surface area contributed by atoms with Crippen molar-refractivity contribution >= 4 is 11.3 Å². The van der Waals surface area contributed by atoms with E-state index in [1.807, 2.05) is 0 Å². The van der Waals surface area contributed by atoms with Crippen molar-refractivity contribution in [1.82, 2.24) is 10.3 Å². The van der Waals surface area contributed by atoms with Crippen molar-refractivity contribution in [3.8, 4) is 0 Å². The molecule has 1 N–H and O–H groups in total. The van der Waals surface area contributed by atoms with E-state index in [0.717, 1.165) is 19.4 Å². The van der Waals surface area contributed by atoms with Gasteiger partial charge in [0.1, 0.15) is 5.01 Å². The van der Waals surface area contributed by atoms with Crippen molar-refractivity contribution in [3.05, 3.63) is 52.0 Å². The van der Waals surface area contributed by atoms with Gasteiger partial charge in [0.25, 0.3) is 0 Å². The maximum Gasteiger partial charge on any atom is 0.110 e. The molecular formula is C18H26N2S. The summed E-state index contributed by atoms with van der Waals surface area (Å²) in [5.41, 5.74) is 2.68. The lowest BCUT2D eigenvalue weighted by molar-refractivity contribution is 0.517. The highest BCUT2D eigenvalue weighted by Crippen LogP contribution is 2.28. The molecule has 0 amide bonds. The van der Waals surface area contributed by atoms with Gasteiger partial charge in [-0.1, -0.05) is 58.0 Å². The van der Waals surface area contributed by atoms with Gasteiger partial charge < -0.3 is 5.32 Å². The molecule has 2 aromatic rings. The maximum atomic E-state index is 4.89. The number of nitrogens with one attached hydrogen (secondary N) is 1. The minimum atomic E-state index is 0.122. The molecule has 0 aliphatic carbocycles. The summed E-state index contributed by atoms with van der Waals surface area (Å²) in [7, 11) is 0. The van der Waals surface area contributed by atoms with Crippen molar-refractivity contribution in [2.75, 3.05) is 6.54 Å². The minimum absolute atomic E-state index is 0.122. The van der Waals surface area contributed by atoms with E-state index in [2.05, 4.69) is 68.7 Å². The molecule has 0 aliphatic rings. The van der Waals surface area contributed by atoms with Crippen LogP contribution in [0.25, 0.3) is 0 Å². The van der Waals surface area contributed by atoms with Gasteiger partial charge in [0.05, 0.1) is 11.7 Å². The Bertz CT molecular complexity index is 540. The van der Waals surface area contributed by atoms with E-state index in [-0.39, 0.29) is 5.41 Å². The Balaban J connectivity index is 2.17. The van der Waals surface area contributed by atoms with Gasteiger partial charge in [-0.2, -0.15) is 0 Å². The highest BCUT2D eigenvalue weighted by atomic mass is 32.1. The molecule has 0 spiro atoms. The normalized spacial score (nSPS) is 13.3. The third-order valence-electron chi connectivity index (χ3n) is 3.51. The summed E-state index contributed by atoms with van der Waals surface area (Å²) in [6, 6.07) is 11.0. The largest absolute Gasteiger partial charge is 0.308 e. The fraction of sp³-hybridized carbons (Fsp3) is 0.500. The summed E-state index contributed by atoms with van der Waals surface area (Å²) in [6.07, 6.45) is 2.14. The van der Waals surface area contributed by atoms with Gasteiger partial charge in [-0.05, 0) is 24.9 Å². The van der Waals surface area contributed by atoms with Crippen LogP contribution < -0.4 is 5.32 Å². The molecule has 3 heteroatoms. The molecular weight excluding hydrogens is 276 g/mol. The van der Waals surface area contributed by atoms with Crippen molar-refractivity contribution < 1.29 is 0 Å². The molecule has 0 saturated heterocycles. The van der Waals surface area contributed by atoms with Crippen LogP contribution in [0.15, 0.2) is 35.7 Å². The second-order valence-electron chi connectivity index (χ2n) is 6.52. The number of hydrogen-bond donors (Lipinski definition) is 1. The smallest absolute Gasteiger partial charge is 0.110 e. The van der Waals surface area contributed by atoms with Crippen LogP contribution in [-0.4, -0.2) is 11.5 Å². The molecule has 0 fully saturated rings. The molecule has 114 valence electrons. The second kappa shape index (κ2) is 7.19. The standard InChI is InChI=1S/C18H26N2S/c1-5-11-19-15(12-14-9-7-6-8-10-14)17-20-16(13-21-17)18(2,3)4/h6-10,13,15,19H,5,11-12H2,1-4H3. The summed E-state index contributed by atoms with van der Waals surface area (Å²) in [6.45, 7) is 9.89. The molecule has 1 atom stereocenters. The van der Waals surface area contributed by atoms with E-state index >= 15 is 0 Å². The quantitative estimate of drug-likeness (QED) is 0.835. The maximum absolute atomic E-state index is 4.89. The number of benzene rings is 1. The van der Waals surface area contributed by atoms with Gasteiger partial charge in [-0.3, -0.25) is 0 Å². The number of nitrogens with zero attached hydrogens (tertiary/aromatic N) is 1. The Morgan fingerprint density at radius 3 is 2.48 bits per heavy atom. The molecule has 1 unspecified atom stereocenters.